The highest BCUT2D eigenvalue weighted by Crippen LogP contribution is 2.23. The van der Waals surface area contributed by atoms with Crippen LogP contribution in [-0.2, 0) is 47.7 Å². The SMILES string of the molecule is CC(C)CCOC(=O)CCCCC(O)CN(CCCC(=O)OCCN1CCN(CCSSCCCN(CC(O)CCCCC(=O)OC(C)C)CC(O)CCCCC(=O)OC(C)C)CC1)CC(O)CCCCC(=O)OCCC(C)C. The summed E-state index contributed by atoms with van der Waals surface area (Å²) in [6.45, 7) is 25.1. The standard InChI is InChI=1S/C59H112N4O14S2/c1-47(2)28-38-73-55(68)23-13-9-19-51(64)43-62(44-52(65)20-10-14-24-56(69)74-39-29-48(3)4)30-17-27-57(70)75-40-36-60-32-34-61(35-33-60)37-42-79-78-41-18-31-63(45-53(66)21-11-15-25-58(71)76-49(5)6)46-54(67)22-12-16-26-59(72)77-50(7)8/h47-54,64-67H,9-46H2,1-8H3. The van der Waals surface area contributed by atoms with E-state index < -0.39 is 24.4 Å². The number of hydrogen-bond donors (Lipinski definition) is 4. The molecule has 1 heterocycles. The van der Waals surface area contributed by atoms with Crippen molar-refractivity contribution in [3.05, 3.63) is 0 Å². The van der Waals surface area contributed by atoms with Gasteiger partial charge in [-0.05, 0) is 130 Å². The third kappa shape index (κ3) is 46.9. The fourth-order valence-corrected chi connectivity index (χ4v) is 11.0. The van der Waals surface area contributed by atoms with Crippen molar-refractivity contribution >= 4 is 51.4 Å². The lowest BCUT2D eigenvalue weighted by molar-refractivity contribution is -0.148. The molecule has 464 valence electrons. The highest BCUT2D eigenvalue weighted by atomic mass is 33.1. The second-order valence-electron chi connectivity index (χ2n) is 23.0. The Hall–Kier alpha value is -2.27. The molecule has 0 spiro atoms. The van der Waals surface area contributed by atoms with Crippen molar-refractivity contribution in [3.8, 4) is 0 Å². The molecule has 0 aromatic carbocycles. The number of carbonyl (C=O) groups is 5. The minimum Gasteiger partial charge on any atom is -0.466 e. The molecule has 0 saturated carbocycles. The van der Waals surface area contributed by atoms with Gasteiger partial charge >= 0.3 is 29.8 Å². The Bertz CT molecular complexity index is 1480. The average Bonchev–Trinajstić information content (AvgIpc) is 3.36. The third-order valence-corrected chi connectivity index (χ3v) is 15.9. The first kappa shape index (κ1) is 74.7. The van der Waals surface area contributed by atoms with Gasteiger partial charge in [0.15, 0.2) is 0 Å². The molecule has 4 N–H and O–H groups in total. The summed E-state index contributed by atoms with van der Waals surface area (Å²) >= 11 is 0. The van der Waals surface area contributed by atoms with Crippen LogP contribution in [0.25, 0.3) is 0 Å². The molecule has 0 bridgehead atoms. The van der Waals surface area contributed by atoms with E-state index in [1.807, 2.05) is 54.2 Å². The molecule has 1 aliphatic heterocycles. The molecule has 18 nitrogen and oxygen atoms in total. The maximum atomic E-state index is 12.8. The van der Waals surface area contributed by atoms with Crippen LogP contribution >= 0.6 is 21.6 Å². The van der Waals surface area contributed by atoms with E-state index in [1.54, 1.807) is 0 Å². The van der Waals surface area contributed by atoms with Gasteiger partial charge < -0.3 is 44.1 Å². The quantitative estimate of drug-likeness (QED) is 0.0195. The van der Waals surface area contributed by atoms with Crippen molar-refractivity contribution in [2.45, 2.75) is 227 Å². The van der Waals surface area contributed by atoms with Crippen LogP contribution in [-0.4, -0.2) is 216 Å². The molecule has 20 heteroatoms. The molecule has 1 saturated heterocycles. The van der Waals surface area contributed by atoms with Gasteiger partial charge in [0.05, 0.1) is 49.8 Å². The lowest BCUT2D eigenvalue weighted by atomic mass is 10.1. The van der Waals surface area contributed by atoms with Gasteiger partial charge in [0.2, 0.25) is 0 Å². The summed E-state index contributed by atoms with van der Waals surface area (Å²) in [6.07, 6.45) is 9.43. The summed E-state index contributed by atoms with van der Waals surface area (Å²) in [5.74, 6) is 1.76. The monoisotopic (exact) mass is 1160 g/mol. The van der Waals surface area contributed by atoms with Crippen molar-refractivity contribution in [1.82, 2.24) is 19.6 Å². The van der Waals surface area contributed by atoms with Crippen molar-refractivity contribution in [3.63, 3.8) is 0 Å². The fourth-order valence-electron chi connectivity index (χ4n) is 8.95. The van der Waals surface area contributed by atoms with Crippen LogP contribution in [0.1, 0.15) is 190 Å². The second-order valence-corrected chi connectivity index (χ2v) is 25.7. The first-order valence-corrected chi connectivity index (χ1v) is 32.9. The maximum Gasteiger partial charge on any atom is 0.306 e. The molecule has 4 unspecified atom stereocenters. The van der Waals surface area contributed by atoms with Gasteiger partial charge in [0.25, 0.3) is 0 Å². The second kappa shape index (κ2) is 48.1. The summed E-state index contributed by atoms with van der Waals surface area (Å²) < 4.78 is 26.7. The number of aliphatic hydroxyl groups excluding tert-OH is 4. The van der Waals surface area contributed by atoms with Gasteiger partial charge in [-0.25, -0.2) is 0 Å². The number of rotatable bonds is 51. The van der Waals surface area contributed by atoms with Crippen molar-refractivity contribution in [2.75, 3.05) is 110 Å². The van der Waals surface area contributed by atoms with Gasteiger partial charge in [0.1, 0.15) is 6.61 Å². The van der Waals surface area contributed by atoms with Crippen LogP contribution in [0.5, 0.6) is 0 Å². The Morgan fingerprint density at radius 1 is 0.405 bits per heavy atom. The summed E-state index contributed by atoms with van der Waals surface area (Å²) in [4.78, 5) is 69.8. The van der Waals surface area contributed by atoms with Crippen molar-refractivity contribution in [1.29, 1.82) is 0 Å². The van der Waals surface area contributed by atoms with Gasteiger partial charge in [-0.2, -0.15) is 0 Å². The zero-order valence-electron chi connectivity index (χ0n) is 50.5. The largest absolute Gasteiger partial charge is 0.466 e. The van der Waals surface area contributed by atoms with Gasteiger partial charge in [-0.15, -0.1) is 0 Å². The molecule has 1 rings (SSSR count). The molecular formula is C59H112N4O14S2. The van der Waals surface area contributed by atoms with E-state index in [1.165, 1.54) is 0 Å². The smallest absolute Gasteiger partial charge is 0.306 e. The highest BCUT2D eigenvalue weighted by Gasteiger charge is 2.21. The van der Waals surface area contributed by atoms with E-state index in [9.17, 15) is 44.4 Å². The Labute approximate surface area is 485 Å². The van der Waals surface area contributed by atoms with Crippen molar-refractivity contribution < 1.29 is 68.1 Å². The Morgan fingerprint density at radius 2 is 0.734 bits per heavy atom. The molecule has 0 amide bonds. The average molecular weight is 1170 g/mol. The van der Waals surface area contributed by atoms with Gasteiger partial charge in [0, 0.05) is 109 Å². The topological polar surface area (TPSA) is 225 Å². The number of unbranched alkanes of at least 4 members (excludes halogenated alkanes) is 4. The molecule has 79 heavy (non-hydrogen) atoms. The molecule has 1 aliphatic rings. The van der Waals surface area contributed by atoms with E-state index in [0.717, 1.165) is 70.0 Å². The van der Waals surface area contributed by atoms with Crippen LogP contribution < -0.4 is 0 Å². The first-order valence-electron chi connectivity index (χ1n) is 30.4. The summed E-state index contributed by atoms with van der Waals surface area (Å²) in [7, 11) is 3.71. The van der Waals surface area contributed by atoms with E-state index in [4.69, 9.17) is 23.7 Å². The summed E-state index contributed by atoms with van der Waals surface area (Å²) in [5, 5.41) is 43.7. The molecular weight excluding hydrogens is 1050 g/mol. The molecule has 0 aliphatic carbocycles. The number of nitrogens with zero attached hydrogens (tertiary/aromatic N) is 4. The molecule has 0 aromatic heterocycles. The van der Waals surface area contributed by atoms with E-state index >= 15 is 0 Å². The van der Waals surface area contributed by atoms with Crippen LogP contribution in [0.15, 0.2) is 0 Å². The van der Waals surface area contributed by atoms with Gasteiger partial charge in [-0.1, -0.05) is 75.0 Å². The Morgan fingerprint density at radius 3 is 1.11 bits per heavy atom. The van der Waals surface area contributed by atoms with Crippen LogP contribution in [0.2, 0.25) is 0 Å². The van der Waals surface area contributed by atoms with E-state index in [0.29, 0.717) is 180 Å². The number of esters is 5. The number of piperazine rings is 1. The zero-order valence-corrected chi connectivity index (χ0v) is 52.1. The minimum absolute atomic E-state index is 0.140. The lowest BCUT2D eigenvalue weighted by Gasteiger charge is -2.34. The minimum atomic E-state index is -0.653. The molecule has 0 radical (unpaired) electrons. The van der Waals surface area contributed by atoms with E-state index in [-0.39, 0.29) is 48.5 Å². The first-order chi connectivity index (χ1) is 37.7. The predicted octanol–water partition coefficient (Wildman–Crippen LogP) is 8.07. The van der Waals surface area contributed by atoms with Crippen molar-refractivity contribution in [2.24, 2.45) is 11.8 Å². The predicted molar refractivity (Wildman–Crippen MR) is 317 cm³/mol. The van der Waals surface area contributed by atoms with Gasteiger partial charge in [-0.3, -0.25) is 43.6 Å². The molecule has 0 aromatic rings. The Kier molecular flexibility index (Phi) is 45.5. The number of hydrogen-bond acceptors (Lipinski definition) is 20. The lowest BCUT2D eigenvalue weighted by Crippen LogP contribution is -2.47. The third-order valence-electron chi connectivity index (χ3n) is 13.5. The summed E-state index contributed by atoms with van der Waals surface area (Å²) in [6, 6.07) is 0. The van der Waals surface area contributed by atoms with Crippen LogP contribution in [0.3, 0.4) is 0 Å². The molecule has 4 atom stereocenters. The summed E-state index contributed by atoms with van der Waals surface area (Å²) in [5.41, 5.74) is 0. The number of carbonyl (C=O) groups excluding carboxylic acids is 5. The van der Waals surface area contributed by atoms with Crippen LogP contribution in [0.4, 0.5) is 0 Å². The zero-order chi connectivity index (χ0) is 58.6. The fraction of sp³-hybridized carbons (Fsp3) is 0.915. The number of ether oxygens (including phenoxy) is 5. The van der Waals surface area contributed by atoms with Crippen LogP contribution in [0, 0.1) is 11.8 Å². The molecule has 1 fully saturated rings. The number of aliphatic hydroxyl groups is 4. The highest BCUT2D eigenvalue weighted by molar-refractivity contribution is 8.76. The van der Waals surface area contributed by atoms with E-state index in [2.05, 4.69) is 42.4 Å². The normalized spacial score (nSPS) is 15.1. The Balaban J connectivity index is 2.45. The maximum absolute atomic E-state index is 12.8.